The van der Waals surface area contributed by atoms with E-state index < -0.39 is 23.5 Å². The standard InChI is InChI=1S/C33H39N3O7/c1-32(2,3)42-30(37)36-24-13-15-34-29(35-16-14-22(19-35)41-31(38)43-33(4,5)6)28(24)23-17-26(39-7)27(18-25(23)36)40-20-21-11-9-8-10-12-21/h8-13,15,17-18,22H,14,16,19-20H2,1-7H3/t22-/m0/s1. The van der Waals surface area contributed by atoms with Gasteiger partial charge >= 0.3 is 12.2 Å². The number of aromatic nitrogens is 2. The zero-order valence-corrected chi connectivity index (χ0v) is 25.8. The van der Waals surface area contributed by atoms with Crippen molar-refractivity contribution < 1.29 is 33.3 Å². The number of carbonyl (C=O) groups excluding carboxylic acids is 2. The largest absolute Gasteiger partial charge is 0.509 e. The molecule has 2 aromatic carbocycles. The Labute approximate surface area is 251 Å². The summed E-state index contributed by atoms with van der Waals surface area (Å²) < 4.78 is 30.3. The summed E-state index contributed by atoms with van der Waals surface area (Å²) >= 11 is 0. The zero-order valence-electron chi connectivity index (χ0n) is 25.8. The van der Waals surface area contributed by atoms with Crippen molar-refractivity contribution in [2.75, 3.05) is 25.1 Å². The fraction of sp³-hybridized carbons (Fsp3) is 0.424. The van der Waals surface area contributed by atoms with E-state index in [0.717, 1.165) is 16.3 Å². The third kappa shape index (κ3) is 6.79. The normalized spacial score (nSPS) is 15.5. The van der Waals surface area contributed by atoms with Crippen molar-refractivity contribution in [1.82, 2.24) is 9.55 Å². The molecular weight excluding hydrogens is 550 g/mol. The van der Waals surface area contributed by atoms with Crippen molar-refractivity contribution in [2.24, 2.45) is 0 Å². The van der Waals surface area contributed by atoms with Gasteiger partial charge < -0.3 is 28.6 Å². The molecule has 3 heterocycles. The van der Waals surface area contributed by atoms with Gasteiger partial charge in [0.2, 0.25) is 0 Å². The van der Waals surface area contributed by atoms with E-state index >= 15 is 0 Å². The number of nitrogens with zero attached hydrogens (tertiary/aromatic N) is 3. The van der Waals surface area contributed by atoms with Crippen molar-refractivity contribution in [1.29, 1.82) is 0 Å². The number of fused-ring (bicyclic) bond motifs is 3. The summed E-state index contributed by atoms with van der Waals surface area (Å²) in [7, 11) is 1.59. The maximum Gasteiger partial charge on any atom is 0.509 e. The Hall–Kier alpha value is -4.47. The molecule has 43 heavy (non-hydrogen) atoms. The molecule has 0 unspecified atom stereocenters. The number of benzene rings is 2. The average molecular weight is 590 g/mol. The van der Waals surface area contributed by atoms with Crippen molar-refractivity contribution in [3.63, 3.8) is 0 Å². The van der Waals surface area contributed by atoms with Gasteiger partial charge in [-0.05, 0) is 59.2 Å². The van der Waals surface area contributed by atoms with Crippen LogP contribution in [0.3, 0.4) is 0 Å². The minimum atomic E-state index is -0.712. The maximum absolute atomic E-state index is 13.7. The van der Waals surface area contributed by atoms with Crippen LogP contribution in [0.2, 0.25) is 0 Å². The van der Waals surface area contributed by atoms with Gasteiger partial charge in [0.1, 0.15) is 29.7 Å². The molecule has 1 atom stereocenters. The Kier molecular flexibility index (Phi) is 8.14. The molecule has 0 bridgehead atoms. The molecule has 2 aromatic heterocycles. The van der Waals surface area contributed by atoms with Crippen molar-refractivity contribution in [2.45, 2.75) is 71.9 Å². The molecule has 1 fully saturated rings. The van der Waals surface area contributed by atoms with Crippen LogP contribution in [0.5, 0.6) is 11.5 Å². The van der Waals surface area contributed by atoms with E-state index in [0.29, 0.717) is 54.5 Å². The number of methoxy groups -OCH3 is 1. The summed E-state index contributed by atoms with van der Waals surface area (Å²) in [6.07, 6.45) is 0.710. The molecule has 0 aliphatic carbocycles. The Morgan fingerprint density at radius 2 is 1.65 bits per heavy atom. The summed E-state index contributed by atoms with van der Waals surface area (Å²) in [5.41, 5.74) is 0.877. The third-order valence-corrected chi connectivity index (χ3v) is 6.85. The third-order valence-electron chi connectivity index (χ3n) is 6.85. The minimum absolute atomic E-state index is 0.328. The van der Waals surface area contributed by atoms with Crippen molar-refractivity contribution in [3.8, 4) is 11.5 Å². The topological polar surface area (TPSA) is 101 Å². The van der Waals surface area contributed by atoms with Crippen LogP contribution in [0.4, 0.5) is 15.4 Å². The lowest BCUT2D eigenvalue weighted by Gasteiger charge is -2.22. The van der Waals surface area contributed by atoms with E-state index in [2.05, 4.69) is 4.90 Å². The first-order valence-corrected chi connectivity index (χ1v) is 14.4. The Morgan fingerprint density at radius 3 is 2.33 bits per heavy atom. The smallest absolute Gasteiger partial charge is 0.493 e. The molecule has 1 aliphatic heterocycles. The first-order chi connectivity index (χ1) is 20.3. The van der Waals surface area contributed by atoms with Crippen molar-refractivity contribution >= 4 is 39.9 Å². The molecule has 1 saturated heterocycles. The molecule has 5 rings (SSSR count). The van der Waals surface area contributed by atoms with Crippen LogP contribution < -0.4 is 14.4 Å². The monoisotopic (exact) mass is 589 g/mol. The van der Waals surface area contributed by atoms with E-state index in [-0.39, 0.29) is 6.10 Å². The van der Waals surface area contributed by atoms with Gasteiger partial charge in [-0.25, -0.2) is 19.1 Å². The van der Waals surface area contributed by atoms with E-state index in [1.165, 1.54) is 0 Å². The highest BCUT2D eigenvalue weighted by atomic mass is 16.7. The first kappa shape index (κ1) is 30.0. The molecule has 0 saturated carbocycles. The van der Waals surface area contributed by atoms with Crippen LogP contribution in [0.1, 0.15) is 53.5 Å². The molecule has 1 aliphatic rings. The number of anilines is 1. The highest BCUT2D eigenvalue weighted by Crippen LogP contribution is 2.42. The van der Waals surface area contributed by atoms with Gasteiger partial charge in [0.15, 0.2) is 11.5 Å². The second-order valence-electron chi connectivity index (χ2n) is 12.6. The Morgan fingerprint density at radius 1 is 0.930 bits per heavy atom. The molecular formula is C33H39N3O7. The van der Waals surface area contributed by atoms with Gasteiger partial charge in [-0.3, -0.25) is 0 Å². The quantitative estimate of drug-likeness (QED) is 0.218. The lowest BCUT2D eigenvalue weighted by Crippen LogP contribution is -2.29. The number of rotatable bonds is 6. The van der Waals surface area contributed by atoms with Crippen LogP contribution in [0, 0.1) is 0 Å². The number of hydrogen-bond donors (Lipinski definition) is 0. The highest BCUT2D eigenvalue weighted by molar-refractivity contribution is 6.17. The van der Waals surface area contributed by atoms with Gasteiger partial charge in [-0.1, -0.05) is 30.3 Å². The predicted octanol–water partition coefficient (Wildman–Crippen LogP) is 7.09. The fourth-order valence-corrected chi connectivity index (χ4v) is 5.13. The van der Waals surface area contributed by atoms with Crippen LogP contribution in [-0.2, 0) is 20.8 Å². The predicted molar refractivity (Wildman–Crippen MR) is 164 cm³/mol. The van der Waals surface area contributed by atoms with Gasteiger partial charge in [0.05, 0.1) is 30.1 Å². The van der Waals surface area contributed by atoms with E-state index in [1.807, 2.05) is 63.2 Å². The summed E-state index contributed by atoms with van der Waals surface area (Å²) in [6, 6.07) is 15.3. The van der Waals surface area contributed by atoms with E-state index in [9.17, 15) is 9.59 Å². The zero-order chi connectivity index (χ0) is 30.9. The number of ether oxygens (including phenoxy) is 5. The first-order valence-electron chi connectivity index (χ1n) is 14.4. The molecule has 0 N–H and O–H groups in total. The lowest BCUT2D eigenvalue weighted by molar-refractivity contribution is -0.0226. The van der Waals surface area contributed by atoms with Gasteiger partial charge in [-0.2, -0.15) is 0 Å². The number of carbonyl (C=O) groups is 2. The fourth-order valence-electron chi connectivity index (χ4n) is 5.13. The van der Waals surface area contributed by atoms with Crippen LogP contribution >= 0.6 is 0 Å². The lowest BCUT2D eigenvalue weighted by atomic mass is 10.1. The maximum atomic E-state index is 13.7. The van der Waals surface area contributed by atoms with Crippen LogP contribution in [0.15, 0.2) is 54.7 Å². The molecule has 0 spiro atoms. The summed E-state index contributed by atoms with van der Waals surface area (Å²) in [5, 5.41) is 1.51. The van der Waals surface area contributed by atoms with Gasteiger partial charge in [0, 0.05) is 30.6 Å². The van der Waals surface area contributed by atoms with Crippen LogP contribution in [0.25, 0.3) is 21.8 Å². The highest BCUT2D eigenvalue weighted by Gasteiger charge is 2.32. The summed E-state index contributed by atoms with van der Waals surface area (Å²) in [5.74, 6) is 1.68. The Bertz CT molecular complexity index is 1630. The van der Waals surface area contributed by atoms with Gasteiger partial charge in [0.25, 0.3) is 0 Å². The molecule has 10 nitrogen and oxygen atoms in total. The van der Waals surface area contributed by atoms with Crippen LogP contribution in [-0.4, -0.2) is 59.3 Å². The van der Waals surface area contributed by atoms with E-state index in [4.69, 9.17) is 28.7 Å². The minimum Gasteiger partial charge on any atom is -0.493 e. The molecule has 4 aromatic rings. The molecule has 228 valence electrons. The summed E-state index contributed by atoms with van der Waals surface area (Å²) in [6.45, 7) is 12.3. The second kappa shape index (κ2) is 11.7. The molecule has 10 heteroatoms. The molecule has 0 amide bonds. The average Bonchev–Trinajstić information content (AvgIpc) is 3.51. The Balaban J connectivity index is 1.57. The van der Waals surface area contributed by atoms with Crippen molar-refractivity contribution in [3.05, 3.63) is 60.3 Å². The van der Waals surface area contributed by atoms with E-state index in [1.54, 1.807) is 44.7 Å². The number of pyridine rings is 1. The number of hydrogen-bond acceptors (Lipinski definition) is 9. The second-order valence-corrected chi connectivity index (χ2v) is 12.6. The SMILES string of the molecule is COc1cc2c3c(N4CC[C@H](OC(=O)OC(C)(C)C)C4)nccc3n(C(=O)OC(C)(C)C)c2cc1OCc1ccccc1. The molecule has 0 radical (unpaired) electrons. The summed E-state index contributed by atoms with van der Waals surface area (Å²) in [4.78, 5) is 32.8. The van der Waals surface area contributed by atoms with Gasteiger partial charge in [-0.15, -0.1) is 0 Å².